The maximum Gasteiger partial charge on any atom is 0.139 e. The minimum atomic E-state index is -1.13. The second kappa shape index (κ2) is 6.43. The van der Waals surface area contributed by atoms with Gasteiger partial charge in [-0.2, -0.15) is 0 Å². The Morgan fingerprint density at radius 3 is 2.37 bits per heavy atom. The Bertz CT molecular complexity index is 451. The second-order valence-electron chi connectivity index (χ2n) is 5.87. The van der Waals surface area contributed by atoms with Crippen molar-refractivity contribution >= 4 is 22.3 Å². The highest BCUT2D eigenvalue weighted by atomic mass is 32.2. The minimum absolute atomic E-state index is 0.131. The van der Waals surface area contributed by atoms with Gasteiger partial charge in [0.15, 0.2) is 0 Å². The number of aryl methyl sites for hydroxylation is 2. The van der Waals surface area contributed by atoms with E-state index < -0.39 is 11.0 Å². The molecular formula is C13H25N3OS2. The molecule has 1 aromatic rings. The molecule has 1 N–H and O–H groups in total. The molecular weight excluding hydrogens is 278 g/mol. The van der Waals surface area contributed by atoms with Crippen LogP contribution in [0, 0.1) is 19.3 Å². The number of hydrogen-bond donors (Lipinski definition) is 1. The standard InChI is InChI=1S/C13H25N3OS2/c1-9-12(18-10(2)15-9)19(17)16(7)8-11(14-6)13(3,4)5/h11,14H,8H2,1-7H3/t11-,19?/m1/s1. The van der Waals surface area contributed by atoms with Gasteiger partial charge in [-0.05, 0) is 26.3 Å². The maximum atomic E-state index is 12.5. The fraction of sp³-hybridized carbons (Fsp3) is 0.769. The Morgan fingerprint density at radius 1 is 1.42 bits per heavy atom. The Balaban J connectivity index is 2.81. The highest BCUT2D eigenvalue weighted by Crippen LogP contribution is 2.25. The topological polar surface area (TPSA) is 45.2 Å². The van der Waals surface area contributed by atoms with Crippen LogP contribution in [-0.2, 0) is 11.0 Å². The summed E-state index contributed by atoms with van der Waals surface area (Å²) in [5.74, 6) is 0. The zero-order valence-electron chi connectivity index (χ0n) is 12.9. The summed E-state index contributed by atoms with van der Waals surface area (Å²) in [6, 6.07) is 0.288. The number of nitrogens with one attached hydrogen (secondary N) is 1. The molecule has 6 heteroatoms. The molecule has 1 unspecified atom stereocenters. The number of hydrogen-bond acceptors (Lipinski definition) is 4. The van der Waals surface area contributed by atoms with Crippen molar-refractivity contribution in [3.05, 3.63) is 10.7 Å². The fourth-order valence-corrected chi connectivity index (χ4v) is 4.48. The third kappa shape index (κ3) is 4.34. The molecule has 0 aliphatic rings. The molecule has 0 aliphatic carbocycles. The van der Waals surface area contributed by atoms with Gasteiger partial charge in [-0.1, -0.05) is 20.8 Å². The first-order chi connectivity index (χ1) is 8.66. The molecule has 1 aromatic heterocycles. The van der Waals surface area contributed by atoms with Crippen molar-refractivity contribution in [2.24, 2.45) is 5.41 Å². The van der Waals surface area contributed by atoms with Crippen molar-refractivity contribution in [3.8, 4) is 0 Å². The van der Waals surface area contributed by atoms with E-state index in [1.807, 2.05) is 32.2 Å². The smallest absolute Gasteiger partial charge is 0.139 e. The van der Waals surface area contributed by atoms with Crippen LogP contribution in [0.3, 0.4) is 0 Å². The molecule has 2 atom stereocenters. The minimum Gasteiger partial charge on any atom is -0.315 e. The maximum absolute atomic E-state index is 12.5. The predicted octanol–water partition coefficient (Wildman–Crippen LogP) is 2.35. The fourth-order valence-electron chi connectivity index (χ4n) is 1.94. The molecule has 0 bridgehead atoms. The van der Waals surface area contributed by atoms with Crippen molar-refractivity contribution < 1.29 is 4.21 Å². The molecule has 0 radical (unpaired) electrons. The molecule has 0 saturated carbocycles. The first kappa shape index (κ1) is 16.8. The Hall–Kier alpha value is -0.300. The first-order valence-corrected chi connectivity index (χ1v) is 8.33. The lowest BCUT2D eigenvalue weighted by atomic mass is 9.87. The Labute approximate surface area is 123 Å². The number of thiazole rings is 1. The van der Waals surface area contributed by atoms with Crippen LogP contribution in [0.15, 0.2) is 4.21 Å². The van der Waals surface area contributed by atoms with E-state index in [0.29, 0.717) is 0 Å². The van der Waals surface area contributed by atoms with E-state index in [-0.39, 0.29) is 11.5 Å². The van der Waals surface area contributed by atoms with E-state index >= 15 is 0 Å². The molecule has 19 heavy (non-hydrogen) atoms. The van der Waals surface area contributed by atoms with Gasteiger partial charge in [-0.15, -0.1) is 11.3 Å². The average molecular weight is 303 g/mol. The molecule has 4 nitrogen and oxygen atoms in total. The summed E-state index contributed by atoms with van der Waals surface area (Å²) in [6.07, 6.45) is 0. The predicted molar refractivity (Wildman–Crippen MR) is 82.9 cm³/mol. The van der Waals surface area contributed by atoms with Crippen LogP contribution in [0.25, 0.3) is 0 Å². The third-order valence-corrected chi connectivity index (χ3v) is 6.01. The zero-order chi connectivity index (χ0) is 14.8. The summed E-state index contributed by atoms with van der Waals surface area (Å²) in [4.78, 5) is 4.35. The van der Waals surface area contributed by atoms with Gasteiger partial charge in [0, 0.05) is 19.6 Å². The Kier molecular flexibility index (Phi) is 5.67. The average Bonchev–Trinajstić information content (AvgIpc) is 2.62. The van der Waals surface area contributed by atoms with E-state index in [9.17, 15) is 4.21 Å². The third-order valence-electron chi connectivity index (χ3n) is 3.14. The second-order valence-corrected chi connectivity index (χ2v) is 8.86. The quantitative estimate of drug-likeness (QED) is 0.908. The summed E-state index contributed by atoms with van der Waals surface area (Å²) in [6.45, 7) is 11.2. The highest BCUT2D eigenvalue weighted by molar-refractivity contribution is 7.85. The van der Waals surface area contributed by atoms with Gasteiger partial charge < -0.3 is 5.32 Å². The molecule has 0 aliphatic heterocycles. The van der Waals surface area contributed by atoms with Crippen molar-refractivity contribution in [2.45, 2.75) is 44.9 Å². The molecule has 1 heterocycles. The van der Waals surface area contributed by atoms with Gasteiger partial charge >= 0.3 is 0 Å². The van der Waals surface area contributed by atoms with Gasteiger partial charge in [0.2, 0.25) is 0 Å². The van der Waals surface area contributed by atoms with Crippen molar-refractivity contribution in [1.29, 1.82) is 0 Å². The molecule has 110 valence electrons. The monoisotopic (exact) mass is 303 g/mol. The van der Waals surface area contributed by atoms with Crippen LogP contribution in [0.2, 0.25) is 0 Å². The normalized spacial score (nSPS) is 15.8. The molecule has 1 rings (SSSR count). The number of likely N-dealkylation sites (N-methyl/N-ethyl adjacent to an activating group) is 2. The Morgan fingerprint density at radius 2 is 2.00 bits per heavy atom. The lowest BCUT2D eigenvalue weighted by Crippen LogP contribution is -2.46. The van der Waals surface area contributed by atoms with E-state index in [2.05, 4.69) is 31.1 Å². The van der Waals surface area contributed by atoms with Crippen molar-refractivity contribution in [1.82, 2.24) is 14.6 Å². The van der Waals surface area contributed by atoms with Gasteiger partial charge in [-0.3, -0.25) is 0 Å². The first-order valence-electron chi connectivity index (χ1n) is 6.41. The number of aromatic nitrogens is 1. The number of rotatable bonds is 5. The molecule has 0 fully saturated rings. The van der Waals surface area contributed by atoms with E-state index in [4.69, 9.17) is 0 Å². The summed E-state index contributed by atoms with van der Waals surface area (Å²) in [5.41, 5.74) is 1.01. The van der Waals surface area contributed by atoms with Crippen LogP contribution in [0.4, 0.5) is 0 Å². The molecule has 0 spiro atoms. The van der Waals surface area contributed by atoms with E-state index in [1.165, 1.54) is 11.3 Å². The molecule has 0 aromatic carbocycles. The van der Waals surface area contributed by atoms with Gasteiger partial charge in [0.25, 0.3) is 0 Å². The summed E-state index contributed by atoms with van der Waals surface area (Å²) >= 11 is 1.52. The van der Waals surface area contributed by atoms with Crippen molar-refractivity contribution in [3.63, 3.8) is 0 Å². The molecule has 0 saturated heterocycles. The van der Waals surface area contributed by atoms with Gasteiger partial charge in [-0.25, -0.2) is 13.5 Å². The molecule has 0 amide bonds. The van der Waals surface area contributed by atoms with E-state index in [1.54, 1.807) is 0 Å². The van der Waals surface area contributed by atoms with Gasteiger partial charge in [0.1, 0.15) is 15.2 Å². The zero-order valence-corrected chi connectivity index (χ0v) is 14.5. The van der Waals surface area contributed by atoms with Crippen LogP contribution in [0.1, 0.15) is 31.5 Å². The van der Waals surface area contributed by atoms with Crippen LogP contribution >= 0.6 is 11.3 Å². The summed E-state index contributed by atoms with van der Waals surface area (Å²) in [5, 5.41) is 4.28. The summed E-state index contributed by atoms with van der Waals surface area (Å²) in [7, 11) is 2.73. The van der Waals surface area contributed by atoms with E-state index in [0.717, 1.165) is 21.5 Å². The lowest BCUT2D eigenvalue weighted by molar-refractivity contribution is 0.249. The summed E-state index contributed by atoms with van der Waals surface area (Å²) < 4.78 is 15.3. The number of nitrogens with zero attached hydrogens (tertiary/aromatic N) is 2. The van der Waals surface area contributed by atoms with Crippen molar-refractivity contribution in [2.75, 3.05) is 20.6 Å². The van der Waals surface area contributed by atoms with Crippen LogP contribution in [0.5, 0.6) is 0 Å². The van der Waals surface area contributed by atoms with Crippen LogP contribution < -0.4 is 5.32 Å². The van der Waals surface area contributed by atoms with Gasteiger partial charge in [0.05, 0.1) is 10.7 Å². The lowest BCUT2D eigenvalue weighted by Gasteiger charge is -2.33. The largest absolute Gasteiger partial charge is 0.315 e. The SMILES string of the molecule is CN[C@H](CN(C)S(=O)c1sc(C)nc1C)C(C)(C)C. The highest BCUT2D eigenvalue weighted by Gasteiger charge is 2.27. The van der Waals surface area contributed by atoms with Crippen LogP contribution in [-0.4, -0.2) is 40.2 Å².